The highest BCUT2D eigenvalue weighted by Gasteiger charge is 2.34. The van der Waals surface area contributed by atoms with Crippen molar-refractivity contribution in [2.24, 2.45) is 0 Å². The predicted octanol–water partition coefficient (Wildman–Crippen LogP) is 0.424. The molecule has 0 spiro atoms. The molecule has 0 bridgehead atoms. The molecule has 0 amide bonds. The van der Waals surface area contributed by atoms with Crippen molar-refractivity contribution in [2.75, 3.05) is 6.61 Å². The first-order valence-electron chi connectivity index (χ1n) is 8.29. The lowest BCUT2D eigenvalue weighted by molar-refractivity contribution is -0.152. The Labute approximate surface area is 151 Å². The van der Waals surface area contributed by atoms with Crippen LogP contribution in [0.4, 0.5) is 8.78 Å². The van der Waals surface area contributed by atoms with Gasteiger partial charge in [-0.1, -0.05) is 13.0 Å². The SMILES string of the molecule is C=CCC(OCc1cc(F)c(CC)c(F)c1)C(O)C(O)C(O)C(O)CO. The lowest BCUT2D eigenvalue weighted by Crippen LogP contribution is -2.50. The van der Waals surface area contributed by atoms with Gasteiger partial charge < -0.3 is 30.3 Å². The van der Waals surface area contributed by atoms with E-state index in [1.54, 1.807) is 6.92 Å². The molecular weight excluding hydrogens is 350 g/mol. The van der Waals surface area contributed by atoms with E-state index in [0.717, 1.165) is 12.1 Å². The van der Waals surface area contributed by atoms with Crippen molar-refractivity contribution in [1.82, 2.24) is 0 Å². The van der Waals surface area contributed by atoms with E-state index < -0.39 is 48.8 Å². The molecule has 0 saturated heterocycles. The van der Waals surface area contributed by atoms with Gasteiger partial charge in [0.15, 0.2) is 0 Å². The molecular formula is C18H26F2O6. The zero-order chi connectivity index (χ0) is 19.9. The van der Waals surface area contributed by atoms with Crippen LogP contribution in [0.1, 0.15) is 24.5 Å². The number of halogens is 2. The lowest BCUT2D eigenvalue weighted by Gasteiger charge is -2.30. The lowest BCUT2D eigenvalue weighted by atomic mass is 9.97. The van der Waals surface area contributed by atoms with E-state index in [-0.39, 0.29) is 30.6 Å². The highest BCUT2D eigenvalue weighted by molar-refractivity contribution is 5.25. The van der Waals surface area contributed by atoms with Crippen LogP contribution < -0.4 is 0 Å². The number of benzene rings is 1. The normalized spacial score (nSPS) is 17.4. The molecule has 5 unspecified atom stereocenters. The van der Waals surface area contributed by atoms with E-state index in [1.165, 1.54) is 6.08 Å². The largest absolute Gasteiger partial charge is 0.394 e. The summed E-state index contributed by atoms with van der Waals surface area (Å²) in [4.78, 5) is 0. The Balaban J connectivity index is 2.83. The Morgan fingerprint density at radius 3 is 2.12 bits per heavy atom. The van der Waals surface area contributed by atoms with Gasteiger partial charge in [0.1, 0.15) is 36.1 Å². The minimum Gasteiger partial charge on any atom is -0.394 e. The van der Waals surface area contributed by atoms with Gasteiger partial charge >= 0.3 is 0 Å². The molecule has 0 saturated carbocycles. The minimum atomic E-state index is -1.81. The standard InChI is InChI=1S/C18H26F2O6/c1-3-5-15(17(24)18(25)16(23)14(22)8-21)26-9-10-6-12(19)11(4-2)13(20)7-10/h3,6-7,14-18,21-25H,1,4-5,8-9H2,2H3. The van der Waals surface area contributed by atoms with Crippen molar-refractivity contribution in [3.05, 3.63) is 47.5 Å². The first-order chi connectivity index (χ1) is 12.3. The molecule has 0 aliphatic heterocycles. The monoisotopic (exact) mass is 376 g/mol. The second-order valence-corrected chi connectivity index (χ2v) is 5.99. The maximum absolute atomic E-state index is 13.8. The first kappa shape index (κ1) is 22.6. The summed E-state index contributed by atoms with van der Waals surface area (Å²) in [5.74, 6) is -1.40. The Kier molecular flexibility index (Phi) is 9.28. The van der Waals surface area contributed by atoms with Gasteiger partial charge in [-0.15, -0.1) is 6.58 Å². The van der Waals surface area contributed by atoms with E-state index in [1.807, 2.05) is 0 Å². The molecule has 5 atom stereocenters. The molecule has 0 radical (unpaired) electrons. The molecule has 0 aliphatic rings. The van der Waals surface area contributed by atoms with E-state index in [2.05, 4.69) is 6.58 Å². The third-order valence-corrected chi connectivity index (χ3v) is 4.08. The number of ether oxygens (including phenoxy) is 1. The zero-order valence-electron chi connectivity index (χ0n) is 14.6. The average molecular weight is 376 g/mol. The molecule has 0 aliphatic carbocycles. The summed E-state index contributed by atoms with van der Waals surface area (Å²) in [6, 6.07) is 2.25. The van der Waals surface area contributed by atoms with Crippen molar-refractivity contribution < 1.29 is 39.1 Å². The Bertz CT molecular complexity index is 560. The average Bonchev–Trinajstić information content (AvgIpc) is 2.62. The summed E-state index contributed by atoms with van der Waals surface area (Å²) in [7, 11) is 0. The topological polar surface area (TPSA) is 110 Å². The van der Waals surface area contributed by atoms with Crippen LogP contribution in [0.2, 0.25) is 0 Å². The highest BCUT2D eigenvalue weighted by atomic mass is 19.1. The van der Waals surface area contributed by atoms with Crippen LogP contribution in [0, 0.1) is 11.6 Å². The Hall–Kier alpha value is -1.42. The highest BCUT2D eigenvalue weighted by Crippen LogP contribution is 2.19. The summed E-state index contributed by atoms with van der Waals surface area (Å²) in [5, 5.41) is 48.0. The van der Waals surface area contributed by atoms with Crippen LogP contribution in [-0.2, 0) is 17.8 Å². The maximum atomic E-state index is 13.8. The molecule has 6 nitrogen and oxygen atoms in total. The van der Waals surface area contributed by atoms with E-state index in [9.17, 15) is 29.2 Å². The number of aliphatic hydroxyl groups is 5. The van der Waals surface area contributed by atoms with Gasteiger partial charge in [0.2, 0.25) is 0 Å². The molecule has 1 aromatic carbocycles. The van der Waals surface area contributed by atoms with Crippen LogP contribution in [0.3, 0.4) is 0 Å². The summed E-state index contributed by atoms with van der Waals surface area (Å²) >= 11 is 0. The third kappa shape index (κ3) is 5.80. The van der Waals surface area contributed by atoms with E-state index in [4.69, 9.17) is 9.84 Å². The molecule has 1 rings (SSSR count). The fourth-order valence-electron chi connectivity index (χ4n) is 2.51. The minimum absolute atomic E-state index is 0.0343. The van der Waals surface area contributed by atoms with Crippen molar-refractivity contribution >= 4 is 0 Å². The van der Waals surface area contributed by atoms with Crippen LogP contribution in [-0.4, -0.2) is 62.7 Å². The third-order valence-electron chi connectivity index (χ3n) is 4.08. The summed E-state index contributed by atoms with van der Waals surface area (Å²) < 4.78 is 33.1. The summed E-state index contributed by atoms with van der Waals surface area (Å²) in [5.41, 5.74) is 0.164. The van der Waals surface area contributed by atoms with Gasteiger partial charge in [-0.25, -0.2) is 8.78 Å². The molecule has 1 aromatic rings. The number of rotatable bonds is 11. The van der Waals surface area contributed by atoms with Gasteiger partial charge in [-0.05, 0) is 30.5 Å². The number of hydrogen-bond acceptors (Lipinski definition) is 6. The molecule has 5 N–H and O–H groups in total. The summed E-state index contributed by atoms with van der Waals surface area (Å²) in [6.45, 7) is 4.07. The number of aliphatic hydroxyl groups excluding tert-OH is 5. The van der Waals surface area contributed by atoms with Crippen molar-refractivity contribution in [3.8, 4) is 0 Å². The molecule has 0 aromatic heterocycles. The first-order valence-corrected chi connectivity index (χ1v) is 8.29. The van der Waals surface area contributed by atoms with Crippen LogP contribution in [0.15, 0.2) is 24.8 Å². The Morgan fingerprint density at radius 1 is 1.08 bits per heavy atom. The van der Waals surface area contributed by atoms with Crippen molar-refractivity contribution in [1.29, 1.82) is 0 Å². The van der Waals surface area contributed by atoms with Crippen molar-refractivity contribution in [3.63, 3.8) is 0 Å². The zero-order valence-corrected chi connectivity index (χ0v) is 14.6. The van der Waals surface area contributed by atoms with Crippen LogP contribution >= 0.6 is 0 Å². The van der Waals surface area contributed by atoms with Gasteiger partial charge in [0.05, 0.1) is 19.3 Å². The molecule has 8 heteroatoms. The van der Waals surface area contributed by atoms with Crippen LogP contribution in [0.25, 0.3) is 0 Å². The van der Waals surface area contributed by atoms with Gasteiger partial charge in [-0.2, -0.15) is 0 Å². The van der Waals surface area contributed by atoms with E-state index in [0.29, 0.717) is 0 Å². The molecule has 0 fully saturated rings. The van der Waals surface area contributed by atoms with E-state index >= 15 is 0 Å². The van der Waals surface area contributed by atoms with Crippen LogP contribution in [0.5, 0.6) is 0 Å². The van der Waals surface area contributed by atoms with Gasteiger partial charge in [0, 0.05) is 5.56 Å². The fourth-order valence-corrected chi connectivity index (χ4v) is 2.51. The molecule has 26 heavy (non-hydrogen) atoms. The number of hydrogen-bond donors (Lipinski definition) is 5. The summed E-state index contributed by atoms with van der Waals surface area (Å²) in [6.07, 6.45) is -6.27. The predicted molar refractivity (Wildman–Crippen MR) is 90.2 cm³/mol. The van der Waals surface area contributed by atoms with Crippen molar-refractivity contribution in [2.45, 2.75) is 56.9 Å². The second kappa shape index (κ2) is 10.7. The second-order valence-electron chi connectivity index (χ2n) is 5.99. The maximum Gasteiger partial charge on any atom is 0.129 e. The quantitative estimate of drug-likeness (QED) is 0.358. The molecule has 0 heterocycles. The van der Waals surface area contributed by atoms with Gasteiger partial charge in [-0.3, -0.25) is 0 Å². The Morgan fingerprint density at radius 2 is 1.65 bits per heavy atom. The fraction of sp³-hybridized carbons (Fsp3) is 0.556. The smallest absolute Gasteiger partial charge is 0.129 e. The van der Waals surface area contributed by atoms with Gasteiger partial charge in [0.25, 0.3) is 0 Å². The molecule has 148 valence electrons.